The zero-order valence-corrected chi connectivity index (χ0v) is 12.1. The standard InChI is InChI=1S/C9H20ClNO3S.ClH/c1-3-4-5-6-7-8-11(9(2)10)15(12,13)14;/h9H,3-8H2,1-2H3,(H,12,13,14);1H. The molecule has 0 rings (SSSR count). The highest BCUT2D eigenvalue weighted by atomic mass is 35.5. The fourth-order valence-corrected chi connectivity index (χ4v) is 2.47. The lowest BCUT2D eigenvalue weighted by atomic mass is 10.1. The van der Waals surface area contributed by atoms with E-state index in [0.29, 0.717) is 0 Å². The van der Waals surface area contributed by atoms with Gasteiger partial charge in [0.1, 0.15) is 0 Å². The number of halogens is 2. The Morgan fingerprint density at radius 2 is 1.75 bits per heavy atom. The van der Waals surface area contributed by atoms with E-state index < -0.39 is 15.8 Å². The van der Waals surface area contributed by atoms with Crippen LogP contribution in [0.4, 0.5) is 0 Å². The molecule has 0 aliphatic rings. The van der Waals surface area contributed by atoms with Crippen molar-refractivity contribution < 1.29 is 13.0 Å². The first kappa shape index (κ1) is 18.8. The lowest BCUT2D eigenvalue weighted by molar-refractivity contribution is 0.336. The molecule has 1 N–H and O–H groups in total. The summed E-state index contributed by atoms with van der Waals surface area (Å²) in [5.74, 6) is 0. The Bertz CT molecular complexity index is 257. The minimum atomic E-state index is -4.16. The maximum Gasteiger partial charge on any atom is 0.337 e. The Labute approximate surface area is 110 Å². The molecule has 100 valence electrons. The summed E-state index contributed by atoms with van der Waals surface area (Å²) in [4.78, 5) is 0. The highest BCUT2D eigenvalue weighted by molar-refractivity contribution is 7.83. The van der Waals surface area contributed by atoms with Crippen molar-refractivity contribution in [2.45, 2.75) is 51.5 Å². The molecular weight excluding hydrogens is 273 g/mol. The molecule has 7 heteroatoms. The van der Waals surface area contributed by atoms with Crippen LogP contribution in [0.1, 0.15) is 46.0 Å². The molecule has 0 aliphatic heterocycles. The molecule has 16 heavy (non-hydrogen) atoms. The van der Waals surface area contributed by atoms with Crippen molar-refractivity contribution in [3.05, 3.63) is 0 Å². The van der Waals surface area contributed by atoms with E-state index in [-0.39, 0.29) is 19.0 Å². The first-order valence-electron chi connectivity index (χ1n) is 5.28. The molecule has 0 aromatic heterocycles. The molecule has 0 heterocycles. The van der Waals surface area contributed by atoms with Crippen LogP contribution in [0.25, 0.3) is 0 Å². The molecule has 0 fully saturated rings. The van der Waals surface area contributed by atoms with Gasteiger partial charge in [-0.25, -0.2) is 0 Å². The number of unbranched alkanes of at least 4 members (excludes halogenated alkanes) is 4. The van der Waals surface area contributed by atoms with Crippen LogP contribution in [-0.4, -0.2) is 29.3 Å². The molecule has 0 radical (unpaired) electrons. The fourth-order valence-electron chi connectivity index (χ4n) is 1.35. The minimum absolute atomic E-state index is 0. The number of nitrogens with zero attached hydrogens (tertiary/aromatic N) is 1. The monoisotopic (exact) mass is 293 g/mol. The second-order valence-electron chi connectivity index (χ2n) is 3.58. The minimum Gasteiger partial charge on any atom is -0.273 e. The summed E-state index contributed by atoms with van der Waals surface area (Å²) >= 11 is 5.66. The smallest absolute Gasteiger partial charge is 0.273 e. The van der Waals surface area contributed by atoms with Crippen LogP contribution in [0, 0.1) is 0 Å². The van der Waals surface area contributed by atoms with Gasteiger partial charge in [-0.05, 0) is 13.3 Å². The zero-order valence-electron chi connectivity index (χ0n) is 9.73. The number of hydrogen-bond donors (Lipinski definition) is 1. The van der Waals surface area contributed by atoms with Crippen molar-refractivity contribution in [1.29, 1.82) is 0 Å². The van der Waals surface area contributed by atoms with Crippen LogP contribution in [0.2, 0.25) is 0 Å². The van der Waals surface area contributed by atoms with Gasteiger partial charge in [0, 0.05) is 6.54 Å². The van der Waals surface area contributed by atoms with E-state index in [1.54, 1.807) is 0 Å². The summed E-state index contributed by atoms with van der Waals surface area (Å²) in [7, 11) is -4.16. The van der Waals surface area contributed by atoms with E-state index in [0.717, 1.165) is 36.4 Å². The average molecular weight is 294 g/mol. The highest BCUT2D eigenvalue weighted by Crippen LogP contribution is 2.12. The van der Waals surface area contributed by atoms with Crippen molar-refractivity contribution in [1.82, 2.24) is 4.31 Å². The van der Waals surface area contributed by atoms with Crippen LogP contribution in [0.5, 0.6) is 0 Å². The molecule has 0 amide bonds. The SMILES string of the molecule is CCCCCCCN(C(C)Cl)S(=O)(=O)O.Cl. The van der Waals surface area contributed by atoms with Gasteiger partial charge in [0.15, 0.2) is 0 Å². The van der Waals surface area contributed by atoms with E-state index in [2.05, 4.69) is 6.92 Å². The first-order valence-corrected chi connectivity index (χ1v) is 7.11. The largest absolute Gasteiger partial charge is 0.337 e. The van der Waals surface area contributed by atoms with E-state index in [1.165, 1.54) is 6.92 Å². The quantitative estimate of drug-likeness (QED) is 0.324. The Hall–Kier alpha value is 0.450. The predicted molar refractivity (Wildman–Crippen MR) is 69.6 cm³/mol. The Kier molecular flexibility index (Phi) is 11.1. The lowest BCUT2D eigenvalue weighted by Crippen LogP contribution is -2.35. The predicted octanol–water partition coefficient (Wildman–Crippen LogP) is 3.07. The van der Waals surface area contributed by atoms with Crippen LogP contribution < -0.4 is 0 Å². The molecule has 1 unspecified atom stereocenters. The number of alkyl halides is 1. The molecule has 0 aromatic carbocycles. The van der Waals surface area contributed by atoms with Gasteiger partial charge in [0.25, 0.3) is 0 Å². The fraction of sp³-hybridized carbons (Fsp3) is 1.00. The topological polar surface area (TPSA) is 57.6 Å². The normalized spacial score (nSPS) is 13.6. The number of hydrogen-bond acceptors (Lipinski definition) is 2. The van der Waals surface area contributed by atoms with E-state index in [4.69, 9.17) is 16.2 Å². The summed E-state index contributed by atoms with van der Waals surface area (Å²) in [6.45, 7) is 3.93. The molecular formula is C9H21Cl2NO3S. The molecule has 0 saturated carbocycles. The third-order valence-electron chi connectivity index (χ3n) is 2.18. The Balaban J connectivity index is 0. The van der Waals surface area contributed by atoms with Crippen molar-refractivity contribution >= 4 is 34.3 Å². The van der Waals surface area contributed by atoms with Crippen LogP contribution in [0.3, 0.4) is 0 Å². The van der Waals surface area contributed by atoms with Crippen molar-refractivity contribution in [3.63, 3.8) is 0 Å². The molecule has 1 atom stereocenters. The maximum absolute atomic E-state index is 10.9. The van der Waals surface area contributed by atoms with E-state index in [9.17, 15) is 8.42 Å². The van der Waals surface area contributed by atoms with Crippen LogP contribution in [-0.2, 0) is 10.3 Å². The Morgan fingerprint density at radius 1 is 1.25 bits per heavy atom. The van der Waals surface area contributed by atoms with Gasteiger partial charge in [-0.3, -0.25) is 4.55 Å². The van der Waals surface area contributed by atoms with Gasteiger partial charge in [0.05, 0.1) is 5.50 Å². The second-order valence-corrected chi connectivity index (χ2v) is 5.57. The van der Waals surface area contributed by atoms with Crippen molar-refractivity contribution in [2.75, 3.05) is 6.54 Å². The van der Waals surface area contributed by atoms with Gasteiger partial charge in [-0.2, -0.15) is 12.7 Å². The maximum atomic E-state index is 10.9. The van der Waals surface area contributed by atoms with Crippen LogP contribution >= 0.6 is 24.0 Å². The summed E-state index contributed by atoms with van der Waals surface area (Å²) in [6, 6.07) is 0. The lowest BCUT2D eigenvalue weighted by Gasteiger charge is -2.20. The Morgan fingerprint density at radius 3 is 2.12 bits per heavy atom. The van der Waals surface area contributed by atoms with Gasteiger partial charge in [-0.1, -0.05) is 32.6 Å². The average Bonchev–Trinajstić information content (AvgIpc) is 2.08. The second kappa shape index (κ2) is 9.48. The number of rotatable bonds is 8. The molecule has 4 nitrogen and oxygen atoms in total. The molecule has 0 spiro atoms. The summed E-state index contributed by atoms with van der Waals surface area (Å²) in [5, 5.41) is 0. The molecule has 0 saturated heterocycles. The van der Waals surface area contributed by atoms with Crippen LogP contribution in [0.15, 0.2) is 0 Å². The van der Waals surface area contributed by atoms with Gasteiger partial charge in [-0.15, -0.1) is 24.0 Å². The third-order valence-corrected chi connectivity index (χ3v) is 3.62. The first-order chi connectivity index (χ1) is 6.89. The molecule has 0 aliphatic carbocycles. The van der Waals surface area contributed by atoms with Gasteiger partial charge < -0.3 is 0 Å². The van der Waals surface area contributed by atoms with E-state index in [1.807, 2.05) is 0 Å². The van der Waals surface area contributed by atoms with Gasteiger partial charge >= 0.3 is 10.3 Å². The van der Waals surface area contributed by atoms with Crippen molar-refractivity contribution in [3.8, 4) is 0 Å². The third kappa shape index (κ3) is 8.58. The highest BCUT2D eigenvalue weighted by Gasteiger charge is 2.22. The molecule has 0 aromatic rings. The van der Waals surface area contributed by atoms with Gasteiger partial charge in [0.2, 0.25) is 0 Å². The summed E-state index contributed by atoms with van der Waals surface area (Å²) in [6.07, 6.45) is 5.09. The zero-order chi connectivity index (χ0) is 11.9. The summed E-state index contributed by atoms with van der Waals surface area (Å²) in [5.41, 5.74) is -0.703. The van der Waals surface area contributed by atoms with Crippen molar-refractivity contribution in [2.24, 2.45) is 0 Å². The van der Waals surface area contributed by atoms with E-state index >= 15 is 0 Å². The summed E-state index contributed by atoms with van der Waals surface area (Å²) < 4.78 is 31.5. The molecule has 0 bridgehead atoms.